The van der Waals surface area contributed by atoms with Gasteiger partial charge < -0.3 is 10.1 Å². The molecule has 4 heteroatoms. The van der Waals surface area contributed by atoms with Crippen LogP contribution in [-0.4, -0.2) is 31.5 Å². The maximum absolute atomic E-state index is 12.5. The van der Waals surface area contributed by atoms with Gasteiger partial charge in [0.25, 0.3) is 0 Å². The van der Waals surface area contributed by atoms with Crippen LogP contribution >= 0.6 is 0 Å². The zero-order chi connectivity index (χ0) is 18.9. The Morgan fingerprint density at radius 3 is 2.31 bits per heavy atom. The first-order chi connectivity index (χ1) is 12.5. The molecule has 0 aliphatic carbocycles. The molecule has 1 amide bonds. The van der Waals surface area contributed by atoms with Crippen LogP contribution in [-0.2, 0) is 11.3 Å². The first-order valence-electron chi connectivity index (χ1n) is 9.13. The second kappa shape index (κ2) is 9.97. The fourth-order valence-corrected chi connectivity index (χ4v) is 3.02. The van der Waals surface area contributed by atoms with Gasteiger partial charge in [0.2, 0.25) is 5.91 Å². The molecule has 0 heterocycles. The van der Waals surface area contributed by atoms with Gasteiger partial charge in [-0.05, 0) is 42.6 Å². The average molecular weight is 354 g/mol. The van der Waals surface area contributed by atoms with Crippen molar-refractivity contribution >= 4 is 5.91 Å². The molecule has 0 saturated carbocycles. The summed E-state index contributed by atoms with van der Waals surface area (Å²) in [6.07, 6.45) is 0.929. The van der Waals surface area contributed by atoms with Gasteiger partial charge in [0.05, 0.1) is 19.7 Å². The third-order valence-corrected chi connectivity index (χ3v) is 4.27. The van der Waals surface area contributed by atoms with Crippen LogP contribution in [0.1, 0.15) is 37.4 Å². The van der Waals surface area contributed by atoms with Gasteiger partial charge in [-0.25, -0.2) is 0 Å². The molecule has 0 unspecified atom stereocenters. The van der Waals surface area contributed by atoms with Crippen molar-refractivity contribution in [3.05, 3.63) is 65.7 Å². The van der Waals surface area contributed by atoms with Crippen molar-refractivity contribution in [2.45, 2.75) is 32.9 Å². The largest absolute Gasteiger partial charge is 0.497 e. The molecule has 0 aliphatic heterocycles. The lowest BCUT2D eigenvalue weighted by atomic mass is 9.97. The summed E-state index contributed by atoms with van der Waals surface area (Å²) >= 11 is 0. The van der Waals surface area contributed by atoms with Crippen LogP contribution in [0.25, 0.3) is 0 Å². The summed E-state index contributed by atoms with van der Waals surface area (Å²) < 4.78 is 5.18. The number of likely N-dealkylation sites (N-methyl/N-ethyl adjacent to an activating group) is 1. The predicted molar refractivity (Wildman–Crippen MR) is 106 cm³/mol. The molecule has 0 aliphatic rings. The summed E-state index contributed by atoms with van der Waals surface area (Å²) in [7, 11) is 3.62. The Morgan fingerprint density at radius 1 is 1.08 bits per heavy atom. The minimum absolute atomic E-state index is 0.0514. The first-order valence-corrected chi connectivity index (χ1v) is 9.13. The van der Waals surface area contributed by atoms with Crippen LogP contribution in [0.2, 0.25) is 0 Å². The Balaban J connectivity index is 1.91. The van der Waals surface area contributed by atoms with E-state index in [1.54, 1.807) is 7.11 Å². The third kappa shape index (κ3) is 6.52. The Bertz CT molecular complexity index is 668. The van der Waals surface area contributed by atoms with E-state index >= 15 is 0 Å². The number of hydrogen-bond acceptors (Lipinski definition) is 3. The average Bonchev–Trinajstić information content (AvgIpc) is 2.62. The highest BCUT2D eigenvalue weighted by atomic mass is 16.5. The van der Waals surface area contributed by atoms with Crippen molar-refractivity contribution in [1.29, 1.82) is 0 Å². The second-order valence-electron chi connectivity index (χ2n) is 7.18. The Morgan fingerprint density at radius 2 is 1.73 bits per heavy atom. The van der Waals surface area contributed by atoms with Crippen molar-refractivity contribution in [1.82, 2.24) is 10.2 Å². The number of carbonyl (C=O) groups is 1. The van der Waals surface area contributed by atoms with Gasteiger partial charge in [0.15, 0.2) is 0 Å². The van der Waals surface area contributed by atoms with Crippen molar-refractivity contribution in [2.75, 3.05) is 20.7 Å². The molecule has 2 aromatic carbocycles. The molecular weight excluding hydrogens is 324 g/mol. The van der Waals surface area contributed by atoms with Gasteiger partial charge in [-0.15, -0.1) is 0 Å². The lowest BCUT2D eigenvalue weighted by molar-refractivity contribution is -0.122. The molecule has 0 fully saturated rings. The Hall–Kier alpha value is -2.33. The molecular formula is C22H30N2O2. The molecule has 1 N–H and O–H groups in total. The molecule has 1 atom stereocenters. The van der Waals surface area contributed by atoms with E-state index < -0.39 is 0 Å². The van der Waals surface area contributed by atoms with E-state index in [1.807, 2.05) is 54.4 Å². The molecule has 2 rings (SSSR count). The highest BCUT2D eigenvalue weighted by Crippen LogP contribution is 2.21. The van der Waals surface area contributed by atoms with Gasteiger partial charge >= 0.3 is 0 Å². The maximum Gasteiger partial charge on any atom is 0.234 e. The van der Waals surface area contributed by atoms with Crippen LogP contribution in [0.3, 0.4) is 0 Å². The smallest absolute Gasteiger partial charge is 0.234 e. The number of hydrogen-bond donors (Lipinski definition) is 1. The van der Waals surface area contributed by atoms with E-state index in [2.05, 4.69) is 31.3 Å². The quantitative estimate of drug-likeness (QED) is 0.739. The fraction of sp³-hybridized carbons (Fsp3) is 0.409. The topological polar surface area (TPSA) is 41.6 Å². The summed E-state index contributed by atoms with van der Waals surface area (Å²) in [4.78, 5) is 14.6. The van der Waals surface area contributed by atoms with Gasteiger partial charge in [0, 0.05) is 6.54 Å². The number of amides is 1. The van der Waals surface area contributed by atoms with Crippen LogP contribution in [0, 0.1) is 5.92 Å². The van der Waals surface area contributed by atoms with E-state index in [1.165, 1.54) is 0 Å². The summed E-state index contributed by atoms with van der Waals surface area (Å²) in [5.41, 5.74) is 2.32. The van der Waals surface area contributed by atoms with E-state index in [0.29, 0.717) is 12.5 Å². The molecule has 0 spiro atoms. The Labute approximate surface area is 157 Å². The maximum atomic E-state index is 12.5. The van der Waals surface area contributed by atoms with Crippen molar-refractivity contribution in [3.8, 4) is 5.75 Å². The molecule has 140 valence electrons. The number of rotatable bonds is 9. The normalized spacial score (nSPS) is 12.2. The molecule has 2 aromatic rings. The summed E-state index contributed by atoms with van der Waals surface area (Å²) in [6.45, 7) is 5.45. The summed E-state index contributed by atoms with van der Waals surface area (Å²) in [6, 6.07) is 18.2. The number of nitrogens with one attached hydrogen (secondary N) is 1. The molecule has 0 radical (unpaired) electrons. The standard InChI is InChI=1S/C22H30N2O2/c1-17(2)14-21(19-8-6-5-7-9-19)23-22(25)16-24(3)15-18-10-12-20(26-4)13-11-18/h5-13,17,21H,14-16H2,1-4H3,(H,23,25)/t21-/m0/s1. The van der Waals surface area contributed by atoms with E-state index in [4.69, 9.17) is 4.74 Å². The molecule has 26 heavy (non-hydrogen) atoms. The van der Waals surface area contributed by atoms with Gasteiger partial charge in [-0.2, -0.15) is 0 Å². The number of methoxy groups -OCH3 is 1. The third-order valence-electron chi connectivity index (χ3n) is 4.27. The highest BCUT2D eigenvalue weighted by Gasteiger charge is 2.17. The zero-order valence-electron chi connectivity index (χ0n) is 16.2. The van der Waals surface area contributed by atoms with Gasteiger partial charge in [0.1, 0.15) is 5.75 Å². The first kappa shape index (κ1) is 20.0. The van der Waals surface area contributed by atoms with Crippen LogP contribution in [0.4, 0.5) is 0 Å². The van der Waals surface area contributed by atoms with Gasteiger partial charge in [-0.1, -0.05) is 56.3 Å². The van der Waals surface area contributed by atoms with Crippen LogP contribution < -0.4 is 10.1 Å². The molecule has 0 bridgehead atoms. The lowest BCUT2D eigenvalue weighted by Gasteiger charge is -2.23. The molecule has 0 aromatic heterocycles. The van der Waals surface area contributed by atoms with E-state index in [-0.39, 0.29) is 11.9 Å². The monoisotopic (exact) mass is 354 g/mol. The minimum atomic E-state index is 0.0514. The fourth-order valence-electron chi connectivity index (χ4n) is 3.02. The Kier molecular flexibility index (Phi) is 7.67. The molecule has 0 saturated heterocycles. The van der Waals surface area contributed by atoms with Crippen molar-refractivity contribution in [3.63, 3.8) is 0 Å². The summed E-state index contributed by atoms with van der Waals surface area (Å²) in [5.74, 6) is 1.40. The lowest BCUT2D eigenvalue weighted by Crippen LogP contribution is -2.37. The van der Waals surface area contributed by atoms with Crippen LogP contribution in [0.5, 0.6) is 5.75 Å². The van der Waals surface area contributed by atoms with Crippen molar-refractivity contribution in [2.24, 2.45) is 5.92 Å². The summed E-state index contributed by atoms with van der Waals surface area (Å²) in [5, 5.41) is 3.20. The van der Waals surface area contributed by atoms with E-state index in [0.717, 1.165) is 29.8 Å². The number of nitrogens with zero attached hydrogens (tertiary/aromatic N) is 1. The minimum Gasteiger partial charge on any atom is -0.497 e. The highest BCUT2D eigenvalue weighted by molar-refractivity contribution is 5.78. The number of benzene rings is 2. The molecule has 4 nitrogen and oxygen atoms in total. The zero-order valence-corrected chi connectivity index (χ0v) is 16.2. The van der Waals surface area contributed by atoms with E-state index in [9.17, 15) is 4.79 Å². The second-order valence-corrected chi connectivity index (χ2v) is 7.18. The van der Waals surface area contributed by atoms with Gasteiger partial charge in [-0.3, -0.25) is 9.69 Å². The van der Waals surface area contributed by atoms with Crippen LogP contribution in [0.15, 0.2) is 54.6 Å². The number of ether oxygens (including phenoxy) is 1. The van der Waals surface area contributed by atoms with Crippen molar-refractivity contribution < 1.29 is 9.53 Å². The number of carbonyl (C=O) groups excluding carboxylic acids is 1. The predicted octanol–water partition coefficient (Wildman–Crippen LogP) is 4.03. The SMILES string of the molecule is COc1ccc(CN(C)CC(=O)N[C@@H](CC(C)C)c2ccccc2)cc1.